The molecule has 4 atom stereocenters. The Balaban J connectivity index is 1.97. The molecule has 0 radical (unpaired) electrons. The van der Waals surface area contributed by atoms with Crippen LogP contribution < -0.4 is 9.47 Å². The van der Waals surface area contributed by atoms with Crippen LogP contribution in [0.15, 0.2) is 18.2 Å². The molecular weight excluding hydrogens is 316 g/mol. The molecule has 0 unspecified atom stereocenters. The average Bonchev–Trinajstić information content (AvgIpc) is 2.60. The summed E-state index contributed by atoms with van der Waals surface area (Å²) in [6.45, 7) is 4.28. The first-order valence-electron chi connectivity index (χ1n) is 9.27. The zero-order chi connectivity index (χ0) is 18.2. The molecule has 2 aliphatic carbocycles. The molecule has 2 fully saturated rings. The standard InChI is InChI=1S/C21H30O4/c1-20-9-8-19(23)21(2,17(20)6-5-7-18(20)22)13-14-10-15(24-3)12-16(11-14)25-4/h10-12,17-18,22H,5-9,13H2,1-4H3/t17-,18+,20+,21+/m1/s1. The minimum Gasteiger partial charge on any atom is -0.497 e. The van der Waals surface area contributed by atoms with Gasteiger partial charge in [-0.05, 0) is 54.7 Å². The summed E-state index contributed by atoms with van der Waals surface area (Å²) in [5.41, 5.74) is 0.437. The van der Waals surface area contributed by atoms with Crippen LogP contribution in [0.1, 0.15) is 51.5 Å². The summed E-state index contributed by atoms with van der Waals surface area (Å²) in [6, 6.07) is 5.83. The lowest BCUT2D eigenvalue weighted by Crippen LogP contribution is -2.56. The number of hydrogen-bond donors (Lipinski definition) is 1. The predicted molar refractivity (Wildman–Crippen MR) is 97.1 cm³/mol. The van der Waals surface area contributed by atoms with Gasteiger partial charge in [0, 0.05) is 17.9 Å². The van der Waals surface area contributed by atoms with Crippen LogP contribution in [0.25, 0.3) is 0 Å². The van der Waals surface area contributed by atoms with Crippen LogP contribution >= 0.6 is 0 Å². The quantitative estimate of drug-likeness (QED) is 0.901. The Morgan fingerprint density at radius 1 is 1.12 bits per heavy atom. The van der Waals surface area contributed by atoms with Gasteiger partial charge in [-0.1, -0.05) is 20.3 Å². The van der Waals surface area contributed by atoms with Crippen LogP contribution in [0.2, 0.25) is 0 Å². The second kappa shape index (κ2) is 6.64. The molecule has 0 bridgehead atoms. The number of hydrogen-bond acceptors (Lipinski definition) is 4. The Kier molecular flexibility index (Phi) is 4.84. The summed E-state index contributed by atoms with van der Waals surface area (Å²) >= 11 is 0. The van der Waals surface area contributed by atoms with Crippen LogP contribution in [0.5, 0.6) is 11.5 Å². The van der Waals surface area contributed by atoms with Gasteiger partial charge in [-0.3, -0.25) is 4.79 Å². The maximum Gasteiger partial charge on any atom is 0.139 e. The molecule has 0 amide bonds. The van der Waals surface area contributed by atoms with Crippen molar-refractivity contribution in [2.75, 3.05) is 14.2 Å². The second-order valence-electron chi connectivity index (χ2n) is 8.24. The second-order valence-corrected chi connectivity index (χ2v) is 8.24. The Morgan fingerprint density at radius 3 is 2.36 bits per heavy atom. The number of methoxy groups -OCH3 is 2. The number of Topliss-reactive ketones (excluding diaryl/α,β-unsaturated/α-hetero) is 1. The molecule has 4 nitrogen and oxygen atoms in total. The first kappa shape index (κ1) is 18.2. The highest BCUT2D eigenvalue weighted by atomic mass is 16.5. The van der Waals surface area contributed by atoms with E-state index in [1.54, 1.807) is 14.2 Å². The van der Waals surface area contributed by atoms with Gasteiger partial charge in [0.15, 0.2) is 0 Å². The molecule has 2 aliphatic rings. The first-order valence-corrected chi connectivity index (χ1v) is 9.27. The van der Waals surface area contributed by atoms with E-state index in [4.69, 9.17) is 9.47 Å². The lowest BCUT2D eigenvalue weighted by atomic mass is 9.48. The lowest BCUT2D eigenvalue weighted by Gasteiger charge is -2.56. The molecule has 0 aromatic heterocycles. The summed E-state index contributed by atoms with van der Waals surface area (Å²) in [4.78, 5) is 13.0. The third kappa shape index (κ3) is 3.05. The predicted octanol–water partition coefficient (Wildman–Crippen LogP) is 3.78. The van der Waals surface area contributed by atoms with Gasteiger partial charge in [0.05, 0.1) is 20.3 Å². The van der Waals surface area contributed by atoms with Crippen LogP contribution in [-0.4, -0.2) is 31.2 Å². The van der Waals surface area contributed by atoms with Gasteiger partial charge in [0.2, 0.25) is 0 Å². The van der Waals surface area contributed by atoms with E-state index in [2.05, 4.69) is 13.8 Å². The van der Waals surface area contributed by atoms with E-state index in [1.165, 1.54) is 0 Å². The van der Waals surface area contributed by atoms with Gasteiger partial charge in [-0.2, -0.15) is 0 Å². The molecule has 1 aromatic rings. The largest absolute Gasteiger partial charge is 0.497 e. The molecule has 1 aromatic carbocycles. The van der Waals surface area contributed by atoms with Gasteiger partial charge in [-0.15, -0.1) is 0 Å². The Hall–Kier alpha value is -1.55. The smallest absolute Gasteiger partial charge is 0.139 e. The van der Waals surface area contributed by atoms with Crippen molar-refractivity contribution in [1.82, 2.24) is 0 Å². The first-order chi connectivity index (χ1) is 11.8. The van der Waals surface area contributed by atoms with E-state index in [9.17, 15) is 9.90 Å². The van der Waals surface area contributed by atoms with Gasteiger partial charge in [0.1, 0.15) is 17.3 Å². The van der Waals surface area contributed by atoms with E-state index in [1.807, 2.05) is 18.2 Å². The zero-order valence-electron chi connectivity index (χ0n) is 15.8. The lowest BCUT2D eigenvalue weighted by molar-refractivity contribution is -0.156. The van der Waals surface area contributed by atoms with E-state index in [0.29, 0.717) is 18.6 Å². The number of ether oxygens (including phenoxy) is 2. The van der Waals surface area contributed by atoms with E-state index in [0.717, 1.165) is 42.7 Å². The highest BCUT2D eigenvalue weighted by Gasteiger charge is 2.56. The van der Waals surface area contributed by atoms with Crippen LogP contribution in [0.4, 0.5) is 0 Å². The number of aliphatic hydroxyl groups is 1. The van der Waals surface area contributed by atoms with Crippen LogP contribution in [-0.2, 0) is 11.2 Å². The number of carbonyl (C=O) groups excluding carboxylic acids is 1. The van der Waals surface area contributed by atoms with Crippen molar-refractivity contribution in [1.29, 1.82) is 0 Å². The summed E-state index contributed by atoms with van der Waals surface area (Å²) < 4.78 is 10.8. The minimum atomic E-state index is -0.453. The van der Waals surface area contributed by atoms with Gasteiger partial charge in [0.25, 0.3) is 0 Å². The molecule has 3 rings (SSSR count). The third-order valence-corrected chi connectivity index (χ3v) is 6.81. The monoisotopic (exact) mass is 346 g/mol. The maximum atomic E-state index is 13.0. The molecule has 1 N–H and O–H groups in total. The Morgan fingerprint density at radius 2 is 1.76 bits per heavy atom. The molecule has 138 valence electrons. The summed E-state index contributed by atoms with van der Waals surface area (Å²) in [5, 5.41) is 10.7. The molecule has 2 saturated carbocycles. The third-order valence-electron chi connectivity index (χ3n) is 6.81. The number of rotatable bonds is 4. The van der Waals surface area contributed by atoms with Crippen LogP contribution in [0.3, 0.4) is 0 Å². The van der Waals surface area contributed by atoms with E-state index in [-0.39, 0.29) is 17.4 Å². The highest BCUT2D eigenvalue weighted by molar-refractivity contribution is 5.86. The highest BCUT2D eigenvalue weighted by Crippen LogP contribution is 2.57. The molecule has 0 heterocycles. The molecular formula is C21H30O4. The number of benzene rings is 1. The number of ketones is 1. The van der Waals surface area contributed by atoms with Gasteiger partial charge < -0.3 is 14.6 Å². The molecule has 4 heteroatoms. The topological polar surface area (TPSA) is 55.8 Å². The Bertz CT molecular complexity index is 633. The zero-order valence-corrected chi connectivity index (χ0v) is 15.8. The van der Waals surface area contributed by atoms with Gasteiger partial charge >= 0.3 is 0 Å². The normalized spacial score (nSPS) is 35.2. The number of aliphatic hydroxyl groups excluding tert-OH is 1. The molecule has 0 spiro atoms. The van der Waals surface area contributed by atoms with Crippen molar-refractivity contribution in [2.24, 2.45) is 16.7 Å². The molecule has 0 saturated heterocycles. The van der Waals surface area contributed by atoms with Gasteiger partial charge in [-0.25, -0.2) is 0 Å². The fourth-order valence-corrected chi connectivity index (χ4v) is 5.27. The van der Waals surface area contributed by atoms with E-state index < -0.39 is 5.41 Å². The van der Waals surface area contributed by atoms with E-state index >= 15 is 0 Å². The average molecular weight is 346 g/mol. The minimum absolute atomic E-state index is 0.163. The summed E-state index contributed by atoms with van der Waals surface area (Å²) in [6.07, 6.45) is 4.56. The maximum absolute atomic E-state index is 13.0. The SMILES string of the molecule is COc1cc(C[C@]2(C)C(=O)CC[C@@]3(C)[C@H]2CCC[C@@H]3O)cc(OC)c1. The van der Waals surface area contributed by atoms with Crippen molar-refractivity contribution >= 4 is 5.78 Å². The van der Waals surface area contributed by atoms with Crippen molar-refractivity contribution in [3.05, 3.63) is 23.8 Å². The fraction of sp³-hybridized carbons (Fsp3) is 0.667. The number of fused-ring (bicyclic) bond motifs is 1. The molecule has 25 heavy (non-hydrogen) atoms. The van der Waals surface area contributed by atoms with Crippen molar-refractivity contribution in [3.8, 4) is 11.5 Å². The fourth-order valence-electron chi connectivity index (χ4n) is 5.27. The van der Waals surface area contributed by atoms with Crippen LogP contribution in [0, 0.1) is 16.7 Å². The number of carbonyl (C=O) groups is 1. The molecule has 0 aliphatic heterocycles. The summed E-state index contributed by atoms with van der Waals surface area (Å²) in [5.74, 6) is 2.02. The van der Waals surface area contributed by atoms with Crippen molar-refractivity contribution < 1.29 is 19.4 Å². The summed E-state index contributed by atoms with van der Waals surface area (Å²) in [7, 11) is 3.28. The Labute approximate surface area is 150 Å². The van der Waals surface area contributed by atoms with Crippen molar-refractivity contribution in [2.45, 2.75) is 58.5 Å². The van der Waals surface area contributed by atoms with Crippen molar-refractivity contribution in [3.63, 3.8) is 0 Å².